The molecule has 1 atom stereocenters. The minimum Gasteiger partial charge on any atom is -0.389 e. The van der Waals surface area contributed by atoms with Gasteiger partial charge in [-0.2, -0.15) is 0 Å². The van der Waals surface area contributed by atoms with Gasteiger partial charge in [0.25, 0.3) is 0 Å². The molecule has 2 aliphatic heterocycles. The van der Waals surface area contributed by atoms with Gasteiger partial charge in [0.15, 0.2) is 0 Å². The van der Waals surface area contributed by atoms with Gasteiger partial charge in [-0.25, -0.2) is 0 Å². The normalized spacial score (nSPS) is 23.8. The van der Waals surface area contributed by atoms with E-state index in [2.05, 4.69) is 34.1 Å². The Morgan fingerprint density at radius 3 is 2.29 bits per heavy atom. The van der Waals surface area contributed by atoms with Crippen molar-refractivity contribution >= 4 is 16.7 Å². The van der Waals surface area contributed by atoms with Crippen LogP contribution in [0.3, 0.4) is 0 Å². The quantitative estimate of drug-likeness (QED) is 0.779. The van der Waals surface area contributed by atoms with Crippen molar-refractivity contribution < 1.29 is 9.90 Å². The van der Waals surface area contributed by atoms with Gasteiger partial charge in [-0.3, -0.25) is 4.79 Å². The van der Waals surface area contributed by atoms with Crippen LogP contribution in [0.4, 0.5) is 0 Å². The average Bonchev–Trinajstić information content (AvgIpc) is 3.35. The van der Waals surface area contributed by atoms with E-state index in [0.717, 1.165) is 74.4 Å². The maximum absolute atomic E-state index is 14.0. The van der Waals surface area contributed by atoms with Gasteiger partial charge in [-0.15, -0.1) is 0 Å². The van der Waals surface area contributed by atoms with Crippen molar-refractivity contribution in [3.05, 3.63) is 48.0 Å². The number of amides is 1. The second kappa shape index (κ2) is 8.91. The Labute approximate surface area is 186 Å². The first kappa shape index (κ1) is 21.0. The van der Waals surface area contributed by atoms with Gasteiger partial charge in [0, 0.05) is 19.1 Å². The summed E-state index contributed by atoms with van der Waals surface area (Å²) in [7, 11) is 0. The molecule has 1 unspecified atom stereocenters. The predicted molar refractivity (Wildman–Crippen MR) is 125 cm³/mol. The minimum atomic E-state index is -0.939. The van der Waals surface area contributed by atoms with Crippen LogP contribution in [-0.4, -0.2) is 58.6 Å². The third-order valence-electron chi connectivity index (χ3n) is 8.07. The molecular formula is C27H36N2O2. The van der Waals surface area contributed by atoms with E-state index in [1.54, 1.807) is 0 Å². The molecule has 4 heteroatoms. The number of benzene rings is 2. The molecule has 0 spiro atoms. The molecule has 2 aromatic rings. The maximum atomic E-state index is 14.0. The van der Waals surface area contributed by atoms with Gasteiger partial charge in [0.2, 0.25) is 5.91 Å². The number of fused-ring (bicyclic) bond motifs is 1. The molecule has 1 amide bonds. The molecular weight excluding hydrogens is 384 g/mol. The summed E-state index contributed by atoms with van der Waals surface area (Å²) in [6.45, 7) is 4.07. The van der Waals surface area contributed by atoms with E-state index in [0.29, 0.717) is 6.04 Å². The highest BCUT2D eigenvalue weighted by molar-refractivity contribution is 5.94. The van der Waals surface area contributed by atoms with Crippen LogP contribution >= 0.6 is 0 Å². The van der Waals surface area contributed by atoms with Crippen molar-refractivity contribution in [1.29, 1.82) is 0 Å². The lowest BCUT2D eigenvalue weighted by molar-refractivity contribution is -0.143. The summed E-state index contributed by atoms with van der Waals surface area (Å²) in [6.07, 6.45) is 9.35. The van der Waals surface area contributed by atoms with Crippen molar-refractivity contribution in [3.8, 4) is 0 Å². The molecule has 166 valence electrons. The van der Waals surface area contributed by atoms with Gasteiger partial charge in [-0.1, -0.05) is 61.7 Å². The Kier molecular flexibility index (Phi) is 6.03. The first-order chi connectivity index (χ1) is 15.2. The summed E-state index contributed by atoms with van der Waals surface area (Å²) in [5.74, 6) is -0.331. The van der Waals surface area contributed by atoms with Gasteiger partial charge < -0.3 is 14.9 Å². The summed E-state index contributed by atoms with van der Waals surface area (Å²) < 4.78 is 0. The highest BCUT2D eigenvalue weighted by Crippen LogP contribution is 2.43. The van der Waals surface area contributed by atoms with Crippen molar-refractivity contribution in [2.24, 2.45) is 0 Å². The summed E-state index contributed by atoms with van der Waals surface area (Å²) >= 11 is 0. The summed E-state index contributed by atoms with van der Waals surface area (Å²) in [6, 6.07) is 15.1. The molecule has 0 bridgehead atoms. The fourth-order valence-electron chi connectivity index (χ4n) is 6.35. The van der Waals surface area contributed by atoms with Crippen LogP contribution in [0.15, 0.2) is 42.5 Å². The van der Waals surface area contributed by atoms with Crippen LogP contribution in [0.25, 0.3) is 10.8 Å². The Bertz CT molecular complexity index is 901. The molecule has 1 aliphatic carbocycles. The highest BCUT2D eigenvalue weighted by atomic mass is 16.3. The largest absolute Gasteiger partial charge is 0.389 e. The predicted octanol–water partition coefficient (Wildman–Crippen LogP) is 4.71. The standard InChI is InChI=1S/C27H36N2O2/c30-26(29-19-13-22(14-20-29)28-17-6-7-18-28)25(27(31)15-4-1-5-16-27)24-12-8-10-21-9-2-3-11-23(21)24/h2-3,8-12,22,25,31H,1,4-7,13-20H2. The van der Waals surface area contributed by atoms with Gasteiger partial charge in [0.1, 0.15) is 0 Å². The second-order valence-electron chi connectivity index (χ2n) is 9.97. The molecule has 31 heavy (non-hydrogen) atoms. The van der Waals surface area contributed by atoms with Crippen molar-refractivity contribution in [3.63, 3.8) is 0 Å². The molecule has 3 aliphatic rings. The Balaban J connectivity index is 1.44. The van der Waals surface area contributed by atoms with E-state index in [4.69, 9.17) is 0 Å². The number of carbonyl (C=O) groups is 1. The average molecular weight is 421 g/mol. The topological polar surface area (TPSA) is 43.8 Å². The Morgan fingerprint density at radius 2 is 1.55 bits per heavy atom. The number of rotatable bonds is 4. The van der Waals surface area contributed by atoms with E-state index in [1.807, 2.05) is 18.2 Å². The van der Waals surface area contributed by atoms with Crippen LogP contribution in [0.5, 0.6) is 0 Å². The Hall–Kier alpha value is -1.91. The maximum Gasteiger partial charge on any atom is 0.233 e. The molecule has 1 saturated carbocycles. The lowest BCUT2D eigenvalue weighted by Gasteiger charge is -2.43. The molecule has 1 N–H and O–H groups in total. The van der Waals surface area contributed by atoms with Crippen LogP contribution in [0.2, 0.25) is 0 Å². The van der Waals surface area contributed by atoms with Crippen molar-refractivity contribution in [1.82, 2.24) is 9.80 Å². The van der Waals surface area contributed by atoms with Crippen LogP contribution < -0.4 is 0 Å². The molecule has 4 nitrogen and oxygen atoms in total. The molecule has 0 aromatic heterocycles. The number of hydrogen-bond acceptors (Lipinski definition) is 3. The number of hydrogen-bond donors (Lipinski definition) is 1. The number of carbonyl (C=O) groups excluding carboxylic acids is 1. The number of nitrogens with zero attached hydrogens (tertiary/aromatic N) is 2. The monoisotopic (exact) mass is 420 g/mol. The Morgan fingerprint density at radius 1 is 0.871 bits per heavy atom. The lowest BCUT2D eigenvalue weighted by Crippen LogP contribution is -2.52. The molecule has 3 fully saturated rings. The van der Waals surface area contributed by atoms with E-state index in [9.17, 15) is 9.90 Å². The summed E-state index contributed by atoms with van der Waals surface area (Å²) in [5.41, 5.74) is 0.0693. The van der Waals surface area contributed by atoms with E-state index in [-0.39, 0.29) is 5.91 Å². The SMILES string of the molecule is O=C(C(c1cccc2ccccc12)C1(O)CCCCC1)N1CCC(N2CCCC2)CC1. The third kappa shape index (κ3) is 4.12. The molecule has 2 aromatic carbocycles. The zero-order valence-electron chi connectivity index (χ0n) is 18.6. The van der Waals surface area contributed by atoms with E-state index < -0.39 is 11.5 Å². The highest BCUT2D eigenvalue weighted by Gasteiger charge is 2.45. The smallest absolute Gasteiger partial charge is 0.233 e. The molecule has 5 rings (SSSR count). The van der Waals surface area contributed by atoms with Crippen LogP contribution in [0.1, 0.15) is 69.3 Å². The minimum absolute atomic E-state index is 0.139. The number of likely N-dealkylation sites (tertiary alicyclic amines) is 2. The first-order valence-electron chi connectivity index (χ1n) is 12.4. The summed E-state index contributed by atoms with van der Waals surface area (Å²) in [5, 5.41) is 14.1. The number of piperidine rings is 1. The lowest BCUT2D eigenvalue weighted by atomic mass is 9.71. The van der Waals surface area contributed by atoms with Gasteiger partial charge >= 0.3 is 0 Å². The van der Waals surface area contributed by atoms with Gasteiger partial charge in [0.05, 0.1) is 11.5 Å². The second-order valence-corrected chi connectivity index (χ2v) is 9.97. The fraction of sp³-hybridized carbons (Fsp3) is 0.593. The summed E-state index contributed by atoms with van der Waals surface area (Å²) in [4.78, 5) is 18.7. The fourth-order valence-corrected chi connectivity index (χ4v) is 6.35. The third-order valence-corrected chi connectivity index (χ3v) is 8.07. The van der Waals surface area contributed by atoms with Crippen molar-refractivity contribution in [2.75, 3.05) is 26.2 Å². The number of aliphatic hydroxyl groups is 1. The molecule has 2 saturated heterocycles. The van der Waals surface area contributed by atoms with Crippen LogP contribution in [-0.2, 0) is 4.79 Å². The molecule has 0 radical (unpaired) electrons. The van der Waals surface area contributed by atoms with E-state index in [1.165, 1.54) is 25.9 Å². The molecule has 2 heterocycles. The van der Waals surface area contributed by atoms with Crippen LogP contribution in [0, 0.1) is 0 Å². The first-order valence-corrected chi connectivity index (χ1v) is 12.4. The zero-order valence-corrected chi connectivity index (χ0v) is 18.6. The van der Waals surface area contributed by atoms with E-state index >= 15 is 0 Å². The van der Waals surface area contributed by atoms with Gasteiger partial charge in [-0.05, 0) is 68.0 Å². The van der Waals surface area contributed by atoms with Crippen molar-refractivity contribution in [2.45, 2.75) is 75.3 Å². The zero-order chi connectivity index (χ0) is 21.3.